The first kappa shape index (κ1) is 14.8. The van der Waals surface area contributed by atoms with Crippen LogP contribution < -0.4 is 16.4 Å². The van der Waals surface area contributed by atoms with Crippen molar-refractivity contribution in [3.05, 3.63) is 77.2 Å². The Morgan fingerprint density at radius 3 is 2.65 bits per heavy atom. The van der Waals surface area contributed by atoms with Gasteiger partial charge >= 0.3 is 0 Å². The molecule has 0 radical (unpaired) electrons. The average Bonchev–Trinajstić information content (AvgIpc) is 2.72. The molecule has 1 amide bonds. The van der Waals surface area contributed by atoms with Crippen molar-refractivity contribution in [1.29, 1.82) is 0 Å². The van der Waals surface area contributed by atoms with E-state index in [9.17, 15) is 9.59 Å². The highest BCUT2D eigenvalue weighted by Gasteiger charge is 2.17. The maximum Gasteiger partial charge on any atom is 0.258 e. The minimum Gasteiger partial charge on any atom is -0.384 e. The largest absolute Gasteiger partial charge is 0.384 e. The molecule has 0 bridgehead atoms. The number of carbonyl (C=O) groups is 2. The van der Waals surface area contributed by atoms with E-state index in [2.05, 4.69) is 10.6 Å². The molecule has 0 aliphatic carbocycles. The van der Waals surface area contributed by atoms with Gasteiger partial charge in [0.2, 0.25) is 0 Å². The first-order valence-electron chi connectivity index (χ1n) is 7.34. The number of nitrogens with one attached hydrogen (secondary N) is 2. The predicted molar refractivity (Wildman–Crippen MR) is 88.8 cm³/mol. The van der Waals surface area contributed by atoms with Gasteiger partial charge in [0.15, 0.2) is 0 Å². The number of anilines is 1. The van der Waals surface area contributed by atoms with Gasteiger partial charge in [-0.2, -0.15) is 0 Å². The third-order valence-corrected chi connectivity index (χ3v) is 3.82. The SMILES string of the molecule is NC1=CNc2ccc(CC(C=O)c3ccccc3)cc2C(=O)N1. The van der Waals surface area contributed by atoms with Gasteiger partial charge in [-0.05, 0) is 29.7 Å². The summed E-state index contributed by atoms with van der Waals surface area (Å²) >= 11 is 0. The molecule has 3 rings (SSSR count). The van der Waals surface area contributed by atoms with Crippen LogP contribution in [0.15, 0.2) is 60.6 Å². The van der Waals surface area contributed by atoms with Gasteiger partial charge in [0, 0.05) is 12.1 Å². The first-order valence-corrected chi connectivity index (χ1v) is 7.34. The summed E-state index contributed by atoms with van der Waals surface area (Å²) in [6, 6.07) is 15.1. The average molecular weight is 307 g/mol. The normalized spacial score (nSPS) is 14.6. The van der Waals surface area contributed by atoms with Crippen molar-refractivity contribution in [3.63, 3.8) is 0 Å². The molecule has 5 nitrogen and oxygen atoms in total. The number of carbonyl (C=O) groups excluding carboxylic acids is 2. The van der Waals surface area contributed by atoms with Gasteiger partial charge < -0.3 is 21.2 Å². The van der Waals surface area contributed by atoms with E-state index < -0.39 is 0 Å². The lowest BCUT2D eigenvalue weighted by atomic mass is 9.92. The van der Waals surface area contributed by atoms with Crippen LogP contribution in [0, 0.1) is 0 Å². The number of benzene rings is 2. The number of nitrogens with two attached hydrogens (primary N) is 1. The number of rotatable bonds is 4. The zero-order chi connectivity index (χ0) is 16.2. The minimum atomic E-state index is -0.261. The Labute approximate surface area is 134 Å². The van der Waals surface area contributed by atoms with E-state index in [1.165, 1.54) is 0 Å². The Bertz CT molecular complexity index is 769. The quantitative estimate of drug-likeness (QED) is 0.756. The van der Waals surface area contributed by atoms with Gasteiger partial charge in [-0.3, -0.25) is 4.79 Å². The molecule has 0 saturated carbocycles. The van der Waals surface area contributed by atoms with Gasteiger partial charge in [0.25, 0.3) is 5.91 Å². The van der Waals surface area contributed by atoms with Crippen molar-refractivity contribution in [2.24, 2.45) is 5.73 Å². The maximum absolute atomic E-state index is 12.2. The molecule has 2 aromatic carbocycles. The van der Waals surface area contributed by atoms with Crippen LogP contribution in [0.1, 0.15) is 27.4 Å². The van der Waals surface area contributed by atoms with Crippen molar-refractivity contribution in [2.75, 3.05) is 5.32 Å². The Balaban J connectivity index is 1.87. The molecule has 5 heteroatoms. The summed E-state index contributed by atoms with van der Waals surface area (Å²) in [4.78, 5) is 23.6. The lowest BCUT2D eigenvalue weighted by Crippen LogP contribution is -2.26. The minimum absolute atomic E-state index is 0.237. The van der Waals surface area contributed by atoms with Gasteiger partial charge in [-0.25, -0.2) is 0 Å². The van der Waals surface area contributed by atoms with Gasteiger partial charge in [-0.15, -0.1) is 0 Å². The monoisotopic (exact) mass is 307 g/mol. The third-order valence-electron chi connectivity index (χ3n) is 3.82. The highest BCUT2D eigenvalue weighted by Crippen LogP contribution is 2.24. The van der Waals surface area contributed by atoms with Crippen LogP contribution >= 0.6 is 0 Å². The molecule has 0 saturated heterocycles. The molecular formula is C18H17N3O2. The summed E-state index contributed by atoms with van der Waals surface area (Å²) in [5.74, 6) is -0.231. The van der Waals surface area contributed by atoms with E-state index in [-0.39, 0.29) is 17.6 Å². The molecule has 0 spiro atoms. The fourth-order valence-electron chi connectivity index (χ4n) is 2.62. The third kappa shape index (κ3) is 3.23. The molecule has 23 heavy (non-hydrogen) atoms. The van der Waals surface area contributed by atoms with E-state index in [0.29, 0.717) is 17.7 Å². The Hall–Kier alpha value is -3.08. The van der Waals surface area contributed by atoms with E-state index >= 15 is 0 Å². The van der Waals surface area contributed by atoms with E-state index in [1.54, 1.807) is 12.3 Å². The first-order chi connectivity index (χ1) is 11.2. The van der Waals surface area contributed by atoms with Crippen LogP contribution in [0.5, 0.6) is 0 Å². The van der Waals surface area contributed by atoms with E-state index in [4.69, 9.17) is 5.73 Å². The molecule has 1 atom stereocenters. The van der Waals surface area contributed by atoms with Crippen LogP contribution in [-0.2, 0) is 11.2 Å². The second-order valence-electron chi connectivity index (χ2n) is 5.44. The second kappa shape index (κ2) is 6.36. The van der Waals surface area contributed by atoms with Crippen LogP contribution in [-0.4, -0.2) is 12.2 Å². The Kier molecular flexibility index (Phi) is 4.10. The van der Waals surface area contributed by atoms with Crippen LogP contribution in [0.3, 0.4) is 0 Å². The summed E-state index contributed by atoms with van der Waals surface area (Å²) < 4.78 is 0. The fraction of sp³-hybridized carbons (Fsp3) is 0.111. The molecule has 1 unspecified atom stereocenters. The van der Waals surface area contributed by atoms with Crippen LogP contribution in [0.4, 0.5) is 5.69 Å². The Morgan fingerprint density at radius 1 is 1.13 bits per heavy atom. The maximum atomic E-state index is 12.2. The van der Waals surface area contributed by atoms with Crippen molar-refractivity contribution >= 4 is 17.9 Å². The molecule has 1 heterocycles. The number of fused-ring (bicyclic) bond motifs is 1. The zero-order valence-corrected chi connectivity index (χ0v) is 12.5. The summed E-state index contributed by atoms with van der Waals surface area (Å²) in [5.41, 5.74) is 8.72. The molecule has 2 aromatic rings. The van der Waals surface area contributed by atoms with Crippen LogP contribution in [0.2, 0.25) is 0 Å². The molecule has 1 aliphatic rings. The summed E-state index contributed by atoms with van der Waals surface area (Å²) in [6.07, 6.45) is 3.03. The number of aldehydes is 1. The fourth-order valence-corrected chi connectivity index (χ4v) is 2.62. The van der Waals surface area contributed by atoms with Gasteiger partial charge in [0.05, 0.1) is 11.3 Å². The number of hydrogen-bond donors (Lipinski definition) is 3. The van der Waals surface area contributed by atoms with E-state index in [1.807, 2.05) is 42.5 Å². The summed E-state index contributed by atoms with van der Waals surface area (Å²) in [6.45, 7) is 0. The topological polar surface area (TPSA) is 84.2 Å². The molecule has 0 aromatic heterocycles. The molecule has 1 aliphatic heterocycles. The van der Waals surface area contributed by atoms with Crippen molar-refractivity contribution < 1.29 is 9.59 Å². The number of hydrogen-bond acceptors (Lipinski definition) is 4. The molecule has 116 valence electrons. The van der Waals surface area contributed by atoms with Crippen molar-refractivity contribution in [3.8, 4) is 0 Å². The predicted octanol–water partition coefficient (Wildman–Crippen LogP) is 2.12. The molecule has 0 fully saturated rings. The van der Waals surface area contributed by atoms with E-state index in [0.717, 1.165) is 17.4 Å². The zero-order valence-electron chi connectivity index (χ0n) is 12.5. The van der Waals surface area contributed by atoms with Gasteiger partial charge in [-0.1, -0.05) is 36.4 Å². The van der Waals surface area contributed by atoms with Crippen LogP contribution in [0.25, 0.3) is 0 Å². The van der Waals surface area contributed by atoms with Crippen molar-refractivity contribution in [1.82, 2.24) is 5.32 Å². The highest BCUT2D eigenvalue weighted by atomic mass is 16.1. The summed E-state index contributed by atoms with van der Waals surface area (Å²) in [5, 5.41) is 5.58. The van der Waals surface area contributed by atoms with Crippen molar-refractivity contribution in [2.45, 2.75) is 12.3 Å². The Morgan fingerprint density at radius 2 is 1.91 bits per heavy atom. The lowest BCUT2D eigenvalue weighted by molar-refractivity contribution is -0.109. The molecular weight excluding hydrogens is 290 g/mol. The highest BCUT2D eigenvalue weighted by molar-refractivity contribution is 6.01. The number of amides is 1. The smallest absolute Gasteiger partial charge is 0.258 e. The lowest BCUT2D eigenvalue weighted by Gasteiger charge is -2.13. The molecule has 4 N–H and O–H groups in total. The summed E-state index contributed by atoms with van der Waals surface area (Å²) in [7, 11) is 0. The standard InChI is InChI=1S/C18H17N3O2/c19-17-10-20-16-7-6-12(9-15(16)18(23)21-17)8-14(11-22)13-4-2-1-3-5-13/h1-7,9-11,14,20H,8,19H2,(H,21,23). The second-order valence-corrected chi connectivity index (χ2v) is 5.44. The van der Waals surface area contributed by atoms with Gasteiger partial charge in [0.1, 0.15) is 12.1 Å².